The lowest BCUT2D eigenvalue weighted by molar-refractivity contribution is -0.0974. The van der Waals surface area contributed by atoms with Crippen LogP contribution in [-0.4, -0.2) is 37.9 Å². The molecule has 2 aromatic carbocycles. The van der Waals surface area contributed by atoms with Crippen LogP contribution >= 0.6 is 22.7 Å². The van der Waals surface area contributed by atoms with Crippen molar-refractivity contribution in [3.63, 3.8) is 0 Å². The van der Waals surface area contributed by atoms with Crippen LogP contribution in [-0.2, 0) is 22.3 Å². The number of carbonyl (C=O) groups excluding carboxylic acids is 1. The van der Waals surface area contributed by atoms with Gasteiger partial charge in [0, 0.05) is 40.8 Å². The largest absolute Gasteiger partial charge is 0.354 e. The molecular formula is C34H42N2O4S2. The number of hydrogen-bond acceptors (Lipinski definition) is 6. The summed E-state index contributed by atoms with van der Waals surface area (Å²) in [4.78, 5) is 27.0. The maximum Gasteiger partial charge on any atom is 0.255 e. The van der Waals surface area contributed by atoms with E-state index in [1.807, 2.05) is 30.3 Å². The zero-order valence-corrected chi connectivity index (χ0v) is 27.5. The molecule has 6 nitrogen and oxygen atoms in total. The van der Waals surface area contributed by atoms with Gasteiger partial charge in [-0.3, -0.25) is 9.59 Å². The summed E-state index contributed by atoms with van der Waals surface area (Å²) in [5.74, 6) is -0.112. The highest BCUT2D eigenvalue weighted by molar-refractivity contribution is 7.17. The van der Waals surface area contributed by atoms with E-state index in [9.17, 15) is 9.59 Å². The molecule has 3 aromatic heterocycles. The average Bonchev–Trinajstić information content (AvgIpc) is 3.49. The molecule has 0 saturated heterocycles. The molecule has 0 atom stereocenters. The summed E-state index contributed by atoms with van der Waals surface area (Å²) < 4.78 is 12.6. The highest BCUT2D eigenvalue weighted by Gasteiger charge is 2.17. The molecule has 0 aliphatic heterocycles. The Hall–Kier alpha value is -3.04. The van der Waals surface area contributed by atoms with Crippen molar-refractivity contribution in [3.8, 4) is 0 Å². The summed E-state index contributed by atoms with van der Waals surface area (Å²) in [6.07, 6.45) is 3.30. The van der Waals surface area contributed by atoms with Crippen molar-refractivity contribution in [1.29, 1.82) is 0 Å². The Labute approximate surface area is 256 Å². The number of H-pyrrole nitrogens is 1. The zero-order valence-electron chi connectivity index (χ0n) is 25.8. The Balaban J connectivity index is 0.000000196. The van der Waals surface area contributed by atoms with Gasteiger partial charge < -0.3 is 19.8 Å². The SMILES string of the molecule is CC(C)(C)Cc1csc2cc3cc[nH]c(=O)c3cc12.COC(CNC(=O)c1ccc2scc(CC(C)(C)C)c2c1)OC. The van der Waals surface area contributed by atoms with Crippen molar-refractivity contribution in [3.05, 3.63) is 80.4 Å². The predicted octanol–water partition coefficient (Wildman–Crippen LogP) is 8.17. The number of rotatable bonds is 7. The number of benzene rings is 2. The first-order valence-electron chi connectivity index (χ1n) is 14.1. The number of aromatic nitrogens is 1. The van der Waals surface area contributed by atoms with Gasteiger partial charge in [-0.2, -0.15) is 0 Å². The number of aromatic amines is 1. The number of pyridine rings is 1. The highest BCUT2D eigenvalue weighted by atomic mass is 32.1. The normalized spacial score (nSPS) is 12.2. The van der Waals surface area contributed by atoms with Crippen molar-refractivity contribution in [2.45, 2.75) is 60.7 Å². The molecule has 0 spiro atoms. The van der Waals surface area contributed by atoms with Crippen LogP contribution in [0.1, 0.15) is 63.0 Å². The fraction of sp³-hybridized carbons (Fsp3) is 0.412. The Morgan fingerprint density at radius 3 is 2.02 bits per heavy atom. The lowest BCUT2D eigenvalue weighted by Gasteiger charge is -2.17. The molecule has 42 heavy (non-hydrogen) atoms. The van der Waals surface area contributed by atoms with Crippen LogP contribution in [0.15, 0.2) is 58.1 Å². The molecule has 0 fully saturated rings. The predicted molar refractivity (Wildman–Crippen MR) is 178 cm³/mol. The number of nitrogens with one attached hydrogen (secondary N) is 2. The summed E-state index contributed by atoms with van der Waals surface area (Å²) in [5.41, 5.74) is 3.78. The van der Waals surface area contributed by atoms with Crippen LogP contribution in [0.3, 0.4) is 0 Å². The smallest absolute Gasteiger partial charge is 0.255 e. The molecule has 3 heterocycles. The van der Waals surface area contributed by atoms with Crippen LogP contribution in [0.2, 0.25) is 0 Å². The first kappa shape index (κ1) is 31.9. The van der Waals surface area contributed by atoms with E-state index in [-0.39, 0.29) is 22.3 Å². The fourth-order valence-electron chi connectivity index (χ4n) is 4.94. The fourth-order valence-corrected chi connectivity index (χ4v) is 6.88. The van der Waals surface area contributed by atoms with Gasteiger partial charge in [-0.1, -0.05) is 41.5 Å². The number of hydrogen-bond donors (Lipinski definition) is 2. The minimum atomic E-state index is -0.430. The topological polar surface area (TPSA) is 80.4 Å². The maximum absolute atomic E-state index is 12.3. The molecule has 0 aliphatic carbocycles. The molecule has 0 aliphatic rings. The van der Waals surface area contributed by atoms with Gasteiger partial charge in [0.15, 0.2) is 6.29 Å². The minimum absolute atomic E-state index is 0.00712. The molecule has 0 bridgehead atoms. The molecule has 5 aromatic rings. The lowest BCUT2D eigenvalue weighted by Crippen LogP contribution is -2.34. The molecule has 0 radical (unpaired) electrons. The van der Waals surface area contributed by atoms with Gasteiger partial charge in [0.05, 0.1) is 6.54 Å². The standard InChI is InChI=1S/C18H25NO3S.C16H17NOS/c1-18(2,3)9-13-11-23-15-7-6-12(8-14(13)15)17(20)19-10-16(21-4)22-5;1-16(2,3)8-11-9-19-14-6-10-4-5-17-15(18)13(10)7-12(11)14/h6-8,11,16H,9-10H2,1-5H3,(H,19,20);4-7,9H,8H2,1-3H3,(H,17,18). The van der Waals surface area contributed by atoms with Crippen molar-refractivity contribution in [1.82, 2.24) is 10.3 Å². The van der Waals surface area contributed by atoms with E-state index < -0.39 is 6.29 Å². The van der Waals surface area contributed by atoms with Crippen LogP contribution in [0.4, 0.5) is 0 Å². The quantitative estimate of drug-likeness (QED) is 0.183. The number of carbonyl (C=O) groups is 1. The van der Waals surface area contributed by atoms with Gasteiger partial charge in [-0.05, 0) is 98.1 Å². The van der Waals surface area contributed by atoms with E-state index >= 15 is 0 Å². The first-order chi connectivity index (χ1) is 19.8. The van der Waals surface area contributed by atoms with Gasteiger partial charge in [0.1, 0.15) is 0 Å². The molecule has 1 amide bonds. The zero-order chi connectivity index (χ0) is 30.7. The van der Waals surface area contributed by atoms with Crippen molar-refractivity contribution < 1.29 is 14.3 Å². The third-order valence-electron chi connectivity index (χ3n) is 6.86. The van der Waals surface area contributed by atoms with Crippen molar-refractivity contribution in [2.75, 3.05) is 20.8 Å². The molecular weight excluding hydrogens is 565 g/mol. The van der Waals surface area contributed by atoms with E-state index in [4.69, 9.17) is 9.47 Å². The van der Waals surface area contributed by atoms with Crippen LogP contribution in [0.5, 0.6) is 0 Å². The highest BCUT2D eigenvalue weighted by Crippen LogP contribution is 2.34. The summed E-state index contributed by atoms with van der Waals surface area (Å²) in [7, 11) is 3.10. The number of methoxy groups -OCH3 is 2. The average molecular weight is 607 g/mol. The molecule has 0 unspecified atom stereocenters. The second-order valence-electron chi connectivity index (χ2n) is 13.1. The molecule has 8 heteroatoms. The summed E-state index contributed by atoms with van der Waals surface area (Å²) in [6, 6.07) is 12.0. The Morgan fingerprint density at radius 2 is 1.43 bits per heavy atom. The Bertz CT molecular complexity index is 1730. The number of fused-ring (bicyclic) bond motifs is 3. The Kier molecular flexibility index (Phi) is 9.93. The number of amides is 1. The first-order valence-corrected chi connectivity index (χ1v) is 15.9. The van der Waals surface area contributed by atoms with E-state index in [2.05, 4.69) is 68.7 Å². The molecule has 0 saturated carbocycles. The van der Waals surface area contributed by atoms with Gasteiger partial charge in [0.25, 0.3) is 11.5 Å². The van der Waals surface area contributed by atoms with E-state index in [1.165, 1.54) is 31.3 Å². The summed E-state index contributed by atoms with van der Waals surface area (Å²) in [5, 5.41) is 11.5. The summed E-state index contributed by atoms with van der Waals surface area (Å²) in [6.45, 7) is 13.7. The number of thiophene rings is 2. The van der Waals surface area contributed by atoms with Gasteiger partial charge in [0.2, 0.25) is 0 Å². The second kappa shape index (κ2) is 13.1. The molecule has 2 N–H and O–H groups in total. The maximum atomic E-state index is 12.3. The summed E-state index contributed by atoms with van der Waals surface area (Å²) >= 11 is 3.49. The second-order valence-corrected chi connectivity index (χ2v) is 14.9. The third-order valence-corrected chi connectivity index (χ3v) is 8.87. The van der Waals surface area contributed by atoms with Crippen LogP contribution in [0, 0.1) is 10.8 Å². The van der Waals surface area contributed by atoms with E-state index in [0.717, 1.165) is 23.6 Å². The molecule has 5 rings (SSSR count). The van der Waals surface area contributed by atoms with Gasteiger partial charge >= 0.3 is 0 Å². The molecule has 224 valence electrons. The van der Waals surface area contributed by atoms with Gasteiger partial charge in [-0.25, -0.2) is 0 Å². The third kappa shape index (κ3) is 8.07. The van der Waals surface area contributed by atoms with Crippen LogP contribution in [0.25, 0.3) is 30.9 Å². The lowest BCUT2D eigenvalue weighted by atomic mass is 9.88. The Morgan fingerprint density at radius 1 is 0.833 bits per heavy atom. The number of ether oxygens (including phenoxy) is 2. The van der Waals surface area contributed by atoms with E-state index in [1.54, 1.807) is 43.1 Å². The van der Waals surface area contributed by atoms with Crippen molar-refractivity contribution in [2.24, 2.45) is 10.8 Å². The van der Waals surface area contributed by atoms with E-state index in [0.29, 0.717) is 12.1 Å². The van der Waals surface area contributed by atoms with Crippen molar-refractivity contribution >= 4 is 59.5 Å². The monoisotopic (exact) mass is 606 g/mol. The van der Waals surface area contributed by atoms with Crippen LogP contribution < -0.4 is 10.9 Å². The minimum Gasteiger partial charge on any atom is -0.354 e. The van der Waals surface area contributed by atoms with Gasteiger partial charge in [-0.15, -0.1) is 22.7 Å².